The fraction of sp³-hybridized carbons (Fsp3) is 0.538. The van der Waals surface area contributed by atoms with E-state index in [0.717, 1.165) is 25.3 Å². The number of hydrogen-bond donors (Lipinski definition) is 1. The number of non-ortho nitro benzene ring substituents is 1. The molecule has 2 fully saturated rings. The van der Waals surface area contributed by atoms with Crippen LogP contribution in [0.2, 0.25) is 0 Å². The first-order chi connectivity index (χ1) is 9.13. The van der Waals surface area contributed by atoms with Crippen LogP contribution in [0, 0.1) is 10.1 Å². The van der Waals surface area contributed by atoms with E-state index in [1.165, 1.54) is 25.5 Å². The number of benzene rings is 1. The molecular weight excluding hydrogens is 244 g/mol. The zero-order chi connectivity index (χ0) is 13.4. The van der Waals surface area contributed by atoms with E-state index in [4.69, 9.17) is 5.73 Å². The van der Waals surface area contributed by atoms with Crippen LogP contribution >= 0.6 is 0 Å². The molecule has 2 aliphatic heterocycles. The van der Waals surface area contributed by atoms with Crippen molar-refractivity contribution in [2.45, 2.75) is 18.9 Å². The first-order valence-electron chi connectivity index (χ1n) is 6.67. The molecule has 0 aliphatic carbocycles. The third kappa shape index (κ3) is 2.35. The minimum Gasteiger partial charge on any atom is -0.398 e. The van der Waals surface area contributed by atoms with Crippen molar-refractivity contribution in [3.05, 3.63) is 28.3 Å². The van der Waals surface area contributed by atoms with Gasteiger partial charge in [0.05, 0.1) is 4.92 Å². The Kier molecular flexibility index (Phi) is 3.02. The summed E-state index contributed by atoms with van der Waals surface area (Å²) in [6.07, 6.45) is 2.48. The molecule has 0 spiro atoms. The van der Waals surface area contributed by atoms with E-state index in [1.54, 1.807) is 6.07 Å². The number of anilines is 2. The van der Waals surface area contributed by atoms with E-state index in [0.29, 0.717) is 11.7 Å². The van der Waals surface area contributed by atoms with Crippen molar-refractivity contribution < 1.29 is 4.92 Å². The van der Waals surface area contributed by atoms with Crippen molar-refractivity contribution in [2.75, 3.05) is 36.8 Å². The summed E-state index contributed by atoms with van der Waals surface area (Å²) < 4.78 is 0. The molecule has 6 nitrogen and oxygen atoms in total. The highest BCUT2D eigenvalue weighted by Crippen LogP contribution is 2.29. The highest BCUT2D eigenvalue weighted by molar-refractivity contribution is 5.63. The number of fused-ring (bicyclic) bond motifs is 1. The number of piperazine rings is 1. The maximum absolute atomic E-state index is 10.9. The van der Waals surface area contributed by atoms with E-state index >= 15 is 0 Å². The molecule has 0 bridgehead atoms. The van der Waals surface area contributed by atoms with Gasteiger partial charge in [0.1, 0.15) is 0 Å². The molecule has 2 aliphatic rings. The molecule has 1 unspecified atom stereocenters. The molecule has 1 aromatic rings. The van der Waals surface area contributed by atoms with Gasteiger partial charge in [-0.2, -0.15) is 0 Å². The fourth-order valence-corrected chi connectivity index (χ4v) is 3.13. The summed E-state index contributed by atoms with van der Waals surface area (Å²) in [7, 11) is 0. The smallest absolute Gasteiger partial charge is 0.273 e. The summed E-state index contributed by atoms with van der Waals surface area (Å²) in [6.45, 7) is 4.08. The van der Waals surface area contributed by atoms with Gasteiger partial charge in [0.15, 0.2) is 0 Å². The molecule has 0 radical (unpaired) electrons. The minimum absolute atomic E-state index is 0.0730. The Morgan fingerprint density at radius 3 is 2.89 bits per heavy atom. The molecule has 2 saturated heterocycles. The molecule has 6 heteroatoms. The Labute approximate surface area is 111 Å². The molecule has 1 aromatic carbocycles. The average molecular weight is 262 g/mol. The second-order valence-corrected chi connectivity index (χ2v) is 5.32. The van der Waals surface area contributed by atoms with Crippen molar-refractivity contribution in [1.82, 2.24) is 4.90 Å². The number of nitrogen functional groups attached to an aromatic ring is 1. The Hall–Kier alpha value is -1.82. The molecule has 19 heavy (non-hydrogen) atoms. The maximum atomic E-state index is 10.9. The topological polar surface area (TPSA) is 75.6 Å². The number of nitro benzene ring substituents is 1. The Bertz CT molecular complexity index is 505. The van der Waals surface area contributed by atoms with Crippen LogP contribution in [0.3, 0.4) is 0 Å². The van der Waals surface area contributed by atoms with Crippen LogP contribution in [0.25, 0.3) is 0 Å². The molecule has 2 heterocycles. The number of nitrogens with two attached hydrogens (primary N) is 1. The van der Waals surface area contributed by atoms with Gasteiger partial charge in [-0.05, 0) is 25.5 Å². The van der Waals surface area contributed by atoms with Crippen LogP contribution in [0.1, 0.15) is 12.8 Å². The zero-order valence-corrected chi connectivity index (χ0v) is 10.8. The number of nitro groups is 1. The molecule has 1 atom stereocenters. The van der Waals surface area contributed by atoms with Crippen molar-refractivity contribution in [3.8, 4) is 0 Å². The normalized spacial score (nSPS) is 23.4. The molecule has 0 aromatic heterocycles. The van der Waals surface area contributed by atoms with E-state index in [2.05, 4.69) is 9.80 Å². The molecular formula is C13H18N4O2. The predicted octanol–water partition coefficient (Wildman–Crippen LogP) is 1.46. The van der Waals surface area contributed by atoms with Gasteiger partial charge in [-0.15, -0.1) is 0 Å². The Morgan fingerprint density at radius 2 is 2.11 bits per heavy atom. The van der Waals surface area contributed by atoms with E-state index in [1.807, 2.05) is 6.07 Å². The molecule has 0 amide bonds. The summed E-state index contributed by atoms with van der Waals surface area (Å²) in [5, 5.41) is 10.9. The first-order valence-corrected chi connectivity index (χ1v) is 6.67. The van der Waals surface area contributed by atoms with Gasteiger partial charge in [0.25, 0.3) is 5.69 Å². The maximum Gasteiger partial charge on any atom is 0.273 e. The van der Waals surface area contributed by atoms with Crippen molar-refractivity contribution in [1.29, 1.82) is 0 Å². The first kappa shape index (κ1) is 12.2. The van der Waals surface area contributed by atoms with Crippen molar-refractivity contribution in [3.63, 3.8) is 0 Å². The van der Waals surface area contributed by atoms with Gasteiger partial charge in [-0.1, -0.05) is 0 Å². The largest absolute Gasteiger partial charge is 0.398 e. The summed E-state index contributed by atoms with van der Waals surface area (Å²) in [4.78, 5) is 15.2. The summed E-state index contributed by atoms with van der Waals surface area (Å²) >= 11 is 0. The standard InChI is InChI=1S/C13H18N4O2/c14-10-6-12(8-13(7-10)17(18)19)16-5-4-15-3-1-2-11(15)9-16/h6-8,11H,1-5,9,14H2. The number of hydrogen-bond acceptors (Lipinski definition) is 5. The Morgan fingerprint density at radius 1 is 1.26 bits per heavy atom. The SMILES string of the molecule is Nc1cc(N2CCN3CCCC3C2)cc([N+](=O)[O-])c1. The molecule has 3 rings (SSSR count). The van der Waals surface area contributed by atoms with Crippen molar-refractivity contribution in [2.24, 2.45) is 0 Å². The summed E-state index contributed by atoms with van der Waals surface area (Å²) in [5.41, 5.74) is 7.17. The van der Waals surface area contributed by atoms with Gasteiger partial charge in [-0.25, -0.2) is 0 Å². The van der Waals surface area contributed by atoms with Gasteiger partial charge in [0.2, 0.25) is 0 Å². The second-order valence-electron chi connectivity index (χ2n) is 5.32. The number of nitrogens with zero attached hydrogens (tertiary/aromatic N) is 3. The number of rotatable bonds is 2. The van der Waals surface area contributed by atoms with E-state index in [9.17, 15) is 10.1 Å². The van der Waals surface area contributed by atoms with Gasteiger partial charge < -0.3 is 10.6 Å². The van der Waals surface area contributed by atoms with Crippen LogP contribution in [0.4, 0.5) is 17.1 Å². The lowest BCUT2D eigenvalue weighted by Gasteiger charge is -2.38. The van der Waals surface area contributed by atoms with Gasteiger partial charge in [-0.3, -0.25) is 15.0 Å². The highest BCUT2D eigenvalue weighted by Gasteiger charge is 2.31. The average Bonchev–Trinajstić information content (AvgIpc) is 2.85. The molecule has 102 valence electrons. The lowest BCUT2D eigenvalue weighted by Crippen LogP contribution is -2.50. The summed E-state index contributed by atoms with van der Waals surface area (Å²) in [6, 6.07) is 5.46. The third-order valence-electron chi connectivity index (χ3n) is 4.09. The fourth-order valence-electron chi connectivity index (χ4n) is 3.13. The lowest BCUT2D eigenvalue weighted by atomic mass is 10.1. The van der Waals surface area contributed by atoms with Crippen LogP contribution in [0.5, 0.6) is 0 Å². The van der Waals surface area contributed by atoms with Crippen molar-refractivity contribution >= 4 is 17.1 Å². The quantitative estimate of drug-likeness (QED) is 0.496. The minimum atomic E-state index is -0.383. The van der Waals surface area contributed by atoms with E-state index < -0.39 is 0 Å². The third-order valence-corrected chi connectivity index (χ3v) is 4.09. The lowest BCUT2D eigenvalue weighted by molar-refractivity contribution is -0.384. The van der Waals surface area contributed by atoms with Crippen LogP contribution < -0.4 is 10.6 Å². The predicted molar refractivity (Wildman–Crippen MR) is 74.3 cm³/mol. The second kappa shape index (κ2) is 4.70. The molecule has 2 N–H and O–H groups in total. The van der Waals surface area contributed by atoms with Crippen LogP contribution in [-0.4, -0.2) is 42.0 Å². The van der Waals surface area contributed by atoms with Crippen LogP contribution in [0.15, 0.2) is 18.2 Å². The monoisotopic (exact) mass is 262 g/mol. The summed E-state index contributed by atoms with van der Waals surface area (Å²) in [5.74, 6) is 0. The highest BCUT2D eigenvalue weighted by atomic mass is 16.6. The Balaban J connectivity index is 1.83. The van der Waals surface area contributed by atoms with Crippen LogP contribution in [-0.2, 0) is 0 Å². The van der Waals surface area contributed by atoms with Gasteiger partial charge >= 0.3 is 0 Å². The molecule has 0 saturated carbocycles. The van der Waals surface area contributed by atoms with Gasteiger partial charge in [0, 0.05) is 49.2 Å². The van der Waals surface area contributed by atoms with E-state index in [-0.39, 0.29) is 10.6 Å². The zero-order valence-electron chi connectivity index (χ0n) is 10.8.